The molecule has 1 amide bonds. The van der Waals surface area contributed by atoms with Crippen LogP contribution >= 0.6 is 11.5 Å². The van der Waals surface area contributed by atoms with Gasteiger partial charge in [0.2, 0.25) is 15.0 Å². The van der Waals surface area contributed by atoms with Gasteiger partial charge in [0, 0.05) is 11.5 Å². The molecule has 0 aliphatic rings. The van der Waals surface area contributed by atoms with E-state index in [-0.39, 0.29) is 15.9 Å². The average Bonchev–Trinajstić information content (AvgIpc) is 3.32. The van der Waals surface area contributed by atoms with E-state index in [2.05, 4.69) is 14.7 Å². The number of rotatable bonds is 10. The maximum absolute atomic E-state index is 12.5. The fourth-order valence-corrected chi connectivity index (χ4v) is 4.55. The van der Waals surface area contributed by atoms with Crippen LogP contribution in [0.3, 0.4) is 0 Å². The zero-order valence-corrected chi connectivity index (χ0v) is 21.9. The van der Waals surface area contributed by atoms with Crippen molar-refractivity contribution in [3.8, 4) is 17.6 Å². The summed E-state index contributed by atoms with van der Waals surface area (Å²) >= 11 is 0.732. The number of carbonyl (C=O) groups is 1. The van der Waals surface area contributed by atoms with Crippen molar-refractivity contribution in [3.63, 3.8) is 0 Å². The lowest BCUT2D eigenvalue weighted by Crippen LogP contribution is -2.16. The number of nitrogens with one attached hydrogen (secondary N) is 1. The van der Waals surface area contributed by atoms with Crippen LogP contribution in [0.15, 0.2) is 53.2 Å². The Morgan fingerprint density at radius 1 is 1.08 bits per heavy atom. The van der Waals surface area contributed by atoms with Crippen LogP contribution in [0.1, 0.15) is 30.5 Å². The summed E-state index contributed by atoms with van der Waals surface area (Å²) in [6.07, 6.45) is 1.41. The number of aryl methyl sites for hydroxylation is 2. The summed E-state index contributed by atoms with van der Waals surface area (Å²) in [6, 6.07) is 14.6. The van der Waals surface area contributed by atoms with E-state index in [1.165, 1.54) is 25.5 Å². The third kappa shape index (κ3) is 6.90. The average molecular weight is 527 g/mol. The molecule has 11 heteroatoms. The van der Waals surface area contributed by atoms with Crippen molar-refractivity contribution >= 4 is 38.5 Å². The summed E-state index contributed by atoms with van der Waals surface area (Å²) in [6.45, 7) is 7.84. The molecule has 0 saturated carbocycles. The second kappa shape index (κ2) is 11.8. The van der Waals surface area contributed by atoms with Gasteiger partial charge in [-0.1, -0.05) is 18.2 Å². The SMILES string of the molecule is Cc1ccc(OCCOc2ccc(C=C(C#N)C(=O)Nc3nc(S(=O)(=O)C(C)C)ns3)cc2)cc1C. The Bertz CT molecular complexity index is 1400. The third-order valence-electron chi connectivity index (χ3n) is 5.16. The van der Waals surface area contributed by atoms with E-state index in [0.717, 1.165) is 22.8 Å². The topological polar surface area (TPSA) is 131 Å². The molecule has 0 spiro atoms. The molecule has 36 heavy (non-hydrogen) atoms. The van der Waals surface area contributed by atoms with Gasteiger partial charge in [0.1, 0.15) is 36.4 Å². The third-order valence-corrected chi connectivity index (χ3v) is 7.84. The fourth-order valence-electron chi connectivity index (χ4n) is 2.85. The monoisotopic (exact) mass is 526 g/mol. The van der Waals surface area contributed by atoms with E-state index in [0.29, 0.717) is 24.5 Å². The van der Waals surface area contributed by atoms with E-state index in [1.807, 2.05) is 38.1 Å². The zero-order chi connectivity index (χ0) is 26.3. The Kier molecular flexibility index (Phi) is 8.79. The normalized spacial score (nSPS) is 11.7. The number of hydrogen-bond donors (Lipinski definition) is 1. The molecule has 0 aliphatic carbocycles. The maximum Gasteiger partial charge on any atom is 0.268 e. The van der Waals surface area contributed by atoms with Crippen LogP contribution in [0.5, 0.6) is 11.5 Å². The highest BCUT2D eigenvalue weighted by Crippen LogP contribution is 2.20. The lowest BCUT2D eigenvalue weighted by Gasteiger charge is -2.10. The molecule has 0 bridgehead atoms. The van der Waals surface area contributed by atoms with Gasteiger partial charge in [0.25, 0.3) is 11.1 Å². The van der Waals surface area contributed by atoms with Crippen LogP contribution in [0.4, 0.5) is 5.13 Å². The quantitative estimate of drug-likeness (QED) is 0.234. The molecule has 188 valence electrons. The number of amides is 1. The van der Waals surface area contributed by atoms with Gasteiger partial charge >= 0.3 is 0 Å². The van der Waals surface area contributed by atoms with Crippen molar-refractivity contribution in [1.29, 1.82) is 5.26 Å². The first-order valence-electron chi connectivity index (χ1n) is 11.0. The highest BCUT2D eigenvalue weighted by molar-refractivity contribution is 7.91. The summed E-state index contributed by atoms with van der Waals surface area (Å²) in [7, 11) is -3.66. The van der Waals surface area contributed by atoms with Crippen molar-refractivity contribution in [2.24, 2.45) is 0 Å². The van der Waals surface area contributed by atoms with Crippen molar-refractivity contribution in [1.82, 2.24) is 9.36 Å². The first-order valence-corrected chi connectivity index (χ1v) is 13.4. The number of anilines is 1. The first-order chi connectivity index (χ1) is 17.1. The molecular weight excluding hydrogens is 500 g/mol. The van der Waals surface area contributed by atoms with Crippen LogP contribution in [0, 0.1) is 25.2 Å². The number of hydrogen-bond acceptors (Lipinski definition) is 9. The molecule has 1 heterocycles. The van der Waals surface area contributed by atoms with Gasteiger partial charge in [-0.05, 0) is 74.7 Å². The molecule has 0 unspecified atom stereocenters. The van der Waals surface area contributed by atoms with Crippen LogP contribution in [-0.4, -0.2) is 42.1 Å². The standard InChI is InChI=1S/C25H26N4O5S2/c1-16(2)36(31,32)25-28-24(35-29-25)27-23(30)20(15-26)14-19-6-9-21(10-7-19)33-11-12-34-22-8-5-17(3)18(4)13-22/h5-10,13-14,16H,11-12H2,1-4H3,(H,27,28,29,30). The molecule has 0 radical (unpaired) electrons. The van der Waals surface area contributed by atoms with Crippen LogP contribution in [0.25, 0.3) is 6.08 Å². The minimum absolute atomic E-state index is 0.00728. The van der Waals surface area contributed by atoms with Crippen molar-refractivity contribution in [3.05, 3.63) is 64.7 Å². The van der Waals surface area contributed by atoms with E-state index in [4.69, 9.17) is 9.47 Å². The second-order valence-electron chi connectivity index (χ2n) is 8.11. The Balaban J connectivity index is 1.55. The minimum atomic E-state index is -3.66. The number of carbonyl (C=O) groups excluding carboxylic acids is 1. The van der Waals surface area contributed by atoms with E-state index < -0.39 is 21.0 Å². The van der Waals surface area contributed by atoms with Crippen LogP contribution in [-0.2, 0) is 14.6 Å². The molecule has 9 nitrogen and oxygen atoms in total. The second-order valence-corrected chi connectivity index (χ2v) is 11.3. The van der Waals surface area contributed by atoms with E-state index in [9.17, 15) is 18.5 Å². The van der Waals surface area contributed by atoms with Gasteiger partial charge in [0.15, 0.2) is 0 Å². The predicted molar refractivity (Wildman–Crippen MR) is 138 cm³/mol. The molecule has 3 aromatic rings. The summed E-state index contributed by atoms with van der Waals surface area (Å²) in [5, 5.41) is 10.8. The molecule has 0 saturated heterocycles. The van der Waals surface area contributed by atoms with Crippen LogP contribution < -0.4 is 14.8 Å². The van der Waals surface area contributed by atoms with Crippen molar-refractivity contribution in [2.45, 2.75) is 38.1 Å². The zero-order valence-electron chi connectivity index (χ0n) is 20.3. The molecule has 2 aromatic carbocycles. The number of ether oxygens (including phenoxy) is 2. The Labute approximate surface area is 214 Å². The molecule has 0 fully saturated rings. The number of nitriles is 1. The van der Waals surface area contributed by atoms with Gasteiger partial charge in [0.05, 0.1) is 5.25 Å². The smallest absolute Gasteiger partial charge is 0.268 e. The summed E-state index contributed by atoms with van der Waals surface area (Å²) in [5.74, 6) is 0.688. The molecule has 0 atom stereocenters. The maximum atomic E-state index is 12.5. The predicted octanol–water partition coefficient (Wildman–Crippen LogP) is 4.34. The van der Waals surface area contributed by atoms with Crippen molar-refractivity contribution in [2.75, 3.05) is 18.5 Å². The Hall–Kier alpha value is -3.75. The lowest BCUT2D eigenvalue weighted by molar-refractivity contribution is -0.112. The van der Waals surface area contributed by atoms with Crippen molar-refractivity contribution < 1.29 is 22.7 Å². The first kappa shape index (κ1) is 26.8. The summed E-state index contributed by atoms with van der Waals surface area (Å²) < 4.78 is 39.5. The lowest BCUT2D eigenvalue weighted by atomic mass is 10.1. The summed E-state index contributed by atoms with van der Waals surface area (Å²) in [5.41, 5.74) is 2.81. The molecule has 0 aliphatic heterocycles. The Morgan fingerprint density at radius 2 is 1.72 bits per heavy atom. The largest absolute Gasteiger partial charge is 0.490 e. The Morgan fingerprint density at radius 3 is 2.33 bits per heavy atom. The fraction of sp³-hybridized carbons (Fsp3) is 0.280. The minimum Gasteiger partial charge on any atom is -0.490 e. The van der Waals surface area contributed by atoms with Gasteiger partial charge < -0.3 is 9.47 Å². The van der Waals surface area contributed by atoms with Gasteiger partial charge in [-0.25, -0.2) is 8.42 Å². The highest BCUT2D eigenvalue weighted by Gasteiger charge is 2.25. The summed E-state index contributed by atoms with van der Waals surface area (Å²) in [4.78, 5) is 16.4. The molecule has 1 N–H and O–H groups in total. The number of benzene rings is 2. The number of aromatic nitrogens is 2. The number of nitrogens with zero attached hydrogens (tertiary/aromatic N) is 3. The van der Waals surface area contributed by atoms with Gasteiger partial charge in [-0.2, -0.15) is 14.6 Å². The molecule has 1 aromatic heterocycles. The van der Waals surface area contributed by atoms with E-state index >= 15 is 0 Å². The van der Waals surface area contributed by atoms with Gasteiger partial charge in [-0.15, -0.1) is 0 Å². The van der Waals surface area contributed by atoms with Gasteiger partial charge in [-0.3, -0.25) is 10.1 Å². The highest BCUT2D eigenvalue weighted by atomic mass is 32.2. The number of sulfone groups is 1. The van der Waals surface area contributed by atoms with E-state index in [1.54, 1.807) is 24.3 Å². The van der Waals surface area contributed by atoms with Crippen LogP contribution in [0.2, 0.25) is 0 Å². The molecule has 3 rings (SSSR count). The molecular formula is C25H26N4O5S2.